The number of anilines is 1. The maximum atomic E-state index is 11.8. The van der Waals surface area contributed by atoms with E-state index in [1.807, 2.05) is 49.4 Å². The average Bonchev–Trinajstić information content (AvgIpc) is 2.55. The number of rotatable bonds is 6. The van der Waals surface area contributed by atoms with Crippen molar-refractivity contribution in [3.05, 3.63) is 52.5 Å². The van der Waals surface area contributed by atoms with E-state index in [1.54, 1.807) is 7.11 Å². The molecule has 0 aliphatic heterocycles. The zero-order valence-corrected chi connectivity index (χ0v) is 14.6. The Morgan fingerprint density at radius 1 is 1.17 bits per heavy atom. The van der Waals surface area contributed by atoms with Crippen molar-refractivity contribution in [2.45, 2.75) is 6.92 Å². The number of amides is 2. The molecular weight excluding hydrogens is 360 g/mol. The standard InChI is InChI=1S/C17H19BrN2O3/c1-12-11-13(7-8-14(12)18)20-17(21)19-9-10-23-16-6-4-3-5-15(16)22-2/h3-8,11H,9-10H2,1-2H3,(H2,19,20,21). The Labute approximate surface area is 144 Å². The van der Waals surface area contributed by atoms with Gasteiger partial charge in [0, 0.05) is 10.2 Å². The number of hydrogen-bond donors (Lipinski definition) is 2. The highest BCUT2D eigenvalue weighted by Crippen LogP contribution is 2.25. The largest absolute Gasteiger partial charge is 0.493 e. The van der Waals surface area contributed by atoms with Crippen LogP contribution in [0.2, 0.25) is 0 Å². The Morgan fingerprint density at radius 3 is 2.61 bits per heavy atom. The van der Waals surface area contributed by atoms with Crippen LogP contribution in [-0.4, -0.2) is 26.3 Å². The van der Waals surface area contributed by atoms with Crippen LogP contribution in [0.3, 0.4) is 0 Å². The van der Waals surface area contributed by atoms with Gasteiger partial charge in [0.15, 0.2) is 11.5 Å². The third-order valence-electron chi connectivity index (χ3n) is 3.13. The lowest BCUT2D eigenvalue weighted by Crippen LogP contribution is -2.32. The summed E-state index contributed by atoms with van der Waals surface area (Å²) in [5, 5.41) is 5.53. The van der Waals surface area contributed by atoms with Gasteiger partial charge in [0.25, 0.3) is 0 Å². The molecule has 2 aromatic rings. The van der Waals surface area contributed by atoms with Gasteiger partial charge in [0.1, 0.15) is 6.61 Å². The van der Waals surface area contributed by atoms with Crippen molar-refractivity contribution in [3.8, 4) is 11.5 Å². The van der Waals surface area contributed by atoms with E-state index in [4.69, 9.17) is 9.47 Å². The number of carbonyl (C=O) groups is 1. The summed E-state index contributed by atoms with van der Waals surface area (Å²) in [6.45, 7) is 2.71. The highest BCUT2D eigenvalue weighted by Gasteiger charge is 2.04. The van der Waals surface area contributed by atoms with Crippen LogP contribution in [0.25, 0.3) is 0 Å². The van der Waals surface area contributed by atoms with Gasteiger partial charge in [-0.05, 0) is 42.8 Å². The smallest absolute Gasteiger partial charge is 0.319 e. The van der Waals surface area contributed by atoms with Crippen molar-refractivity contribution >= 4 is 27.6 Å². The summed E-state index contributed by atoms with van der Waals surface area (Å²) < 4.78 is 11.8. The molecule has 0 fully saturated rings. The Hall–Kier alpha value is -2.21. The molecule has 2 amide bonds. The van der Waals surface area contributed by atoms with Crippen LogP contribution in [0.4, 0.5) is 10.5 Å². The maximum Gasteiger partial charge on any atom is 0.319 e. The number of halogens is 1. The van der Waals surface area contributed by atoms with Gasteiger partial charge >= 0.3 is 6.03 Å². The first-order valence-corrected chi connectivity index (χ1v) is 7.96. The summed E-state index contributed by atoms with van der Waals surface area (Å²) in [7, 11) is 1.59. The molecule has 0 atom stereocenters. The van der Waals surface area contributed by atoms with E-state index in [9.17, 15) is 4.79 Å². The number of methoxy groups -OCH3 is 1. The van der Waals surface area contributed by atoms with Crippen molar-refractivity contribution in [2.75, 3.05) is 25.6 Å². The molecule has 0 saturated carbocycles. The molecule has 0 unspecified atom stereocenters. The average molecular weight is 379 g/mol. The molecule has 2 aromatic carbocycles. The third-order valence-corrected chi connectivity index (χ3v) is 4.02. The Morgan fingerprint density at radius 2 is 1.91 bits per heavy atom. The van der Waals surface area contributed by atoms with Gasteiger partial charge in [0.2, 0.25) is 0 Å². The predicted molar refractivity (Wildman–Crippen MR) is 94.4 cm³/mol. The van der Waals surface area contributed by atoms with E-state index in [0.717, 1.165) is 15.7 Å². The second-order valence-electron chi connectivity index (χ2n) is 4.84. The first-order valence-electron chi connectivity index (χ1n) is 7.17. The molecular formula is C17H19BrN2O3. The molecule has 0 spiro atoms. The van der Waals surface area contributed by atoms with E-state index < -0.39 is 0 Å². The van der Waals surface area contributed by atoms with Crippen molar-refractivity contribution < 1.29 is 14.3 Å². The van der Waals surface area contributed by atoms with E-state index >= 15 is 0 Å². The van der Waals surface area contributed by atoms with Gasteiger partial charge in [-0.1, -0.05) is 28.1 Å². The first-order chi connectivity index (χ1) is 11.1. The molecule has 0 bridgehead atoms. The van der Waals surface area contributed by atoms with Crippen LogP contribution < -0.4 is 20.1 Å². The van der Waals surface area contributed by atoms with Crippen LogP contribution in [0.15, 0.2) is 46.9 Å². The number of carbonyl (C=O) groups excluding carboxylic acids is 1. The molecule has 122 valence electrons. The zero-order chi connectivity index (χ0) is 16.7. The zero-order valence-electron chi connectivity index (χ0n) is 13.1. The van der Waals surface area contributed by atoms with Crippen molar-refractivity contribution in [3.63, 3.8) is 0 Å². The van der Waals surface area contributed by atoms with Crippen molar-refractivity contribution in [2.24, 2.45) is 0 Å². The molecule has 0 radical (unpaired) electrons. The number of aryl methyl sites for hydroxylation is 1. The van der Waals surface area contributed by atoms with Gasteiger partial charge in [-0.15, -0.1) is 0 Å². The third kappa shape index (κ3) is 5.17. The van der Waals surface area contributed by atoms with E-state index in [-0.39, 0.29) is 6.03 Å². The van der Waals surface area contributed by atoms with Crippen molar-refractivity contribution in [1.82, 2.24) is 5.32 Å². The van der Waals surface area contributed by atoms with Gasteiger partial charge in [-0.3, -0.25) is 0 Å². The Balaban J connectivity index is 1.75. The first kappa shape index (κ1) is 17.1. The number of hydrogen-bond acceptors (Lipinski definition) is 3. The highest BCUT2D eigenvalue weighted by atomic mass is 79.9. The fourth-order valence-electron chi connectivity index (χ4n) is 1.96. The number of urea groups is 1. The molecule has 2 N–H and O–H groups in total. The van der Waals surface area contributed by atoms with Crippen LogP contribution in [-0.2, 0) is 0 Å². The molecule has 0 aliphatic carbocycles. The van der Waals surface area contributed by atoms with E-state index in [1.165, 1.54) is 0 Å². The molecule has 0 heterocycles. The number of nitrogens with one attached hydrogen (secondary N) is 2. The second kappa shape index (κ2) is 8.43. The fraction of sp³-hybridized carbons (Fsp3) is 0.235. The van der Waals surface area contributed by atoms with Gasteiger partial charge in [-0.25, -0.2) is 4.79 Å². The summed E-state index contributed by atoms with van der Waals surface area (Å²) >= 11 is 3.43. The van der Waals surface area contributed by atoms with Crippen molar-refractivity contribution in [1.29, 1.82) is 0 Å². The van der Waals surface area contributed by atoms with E-state index in [0.29, 0.717) is 24.7 Å². The number of para-hydroxylation sites is 2. The van der Waals surface area contributed by atoms with Gasteiger partial charge in [-0.2, -0.15) is 0 Å². The summed E-state index contributed by atoms with van der Waals surface area (Å²) in [5.74, 6) is 1.32. The van der Waals surface area contributed by atoms with Gasteiger partial charge < -0.3 is 20.1 Å². The summed E-state index contributed by atoms with van der Waals surface area (Å²) in [4.78, 5) is 11.8. The van der Waals surface area contributed by atoms with Crippen LogP contribution in [0, 0.1) is 6.92 Å². The molecule has 0 aromatic heterocycles. The Kier molecular flexibility index (Phi) is 6.29. The lowest BCUT2D eigenvalue weighted by molar-refractivity contribution is 0.246. The highest BCUT2D eigenvalue weighted by molar-refractivity contribution is 9.10. The normalized spacial score (nSPS) is 10.0. The summed E-state index contributed by atoms with van der Waals surface area (Å²) in [6, 6.07) is 12.8. The van der Waals surface area contributed by atoms with Gasteiger partial charge in [0.05, 0.1) is 13.7 Å². The molecule has 2 rings (SSSR count). The SMILES string of the molecule is COc1ccccc1OCCNC(=O)Nc1ccc(Br)c(C)c1. The molecule has 23 heavy (non-hydrogen) atoms. The maximum absolute atomic E-state index is 11.8. The van der Waals surface area contributed by atoms with E-state index in [2.05, 4.69) is 26.6 Å². The minimum absolute atomic E-state index is 0.268. The fourth-order valence-corrected chi connectivity index (χ4v) is 2.21. The summed E-state index contributed by atoms with van der Waals surface area (Å²) in [5.41, 5.74) is 1.80. The molecule has 0 saturated heterocycles. The molecule has 0 aliphatic rings. The monoisotopic (exact) mass is 378 g/mol. The number of ether oxygens (including phenoxy) is 2. The summed E-state index contributed by atoms with van der Waals surface area (Å²) in [6.07, 6.45) is 0. The second-order valence-corrected chi connectivity index (χ2v) is 5.70. The van der Waals surface area contributed by atoms with Crippen LogP contribution in [0.5, 0.6) is 11.5 Å². The minimum atomic E-state index is -0.268. The Bertz CT molecular complexity index is 677. The van der Waals surface area contributed by atoms with Crippen LogP contribution >= 0.6 is 15.9 Å². The lowest BCUT2D eigenvalue weighted by atomic mass is 10.2. The molecule has 6 heteroatoms. The quantitative estimate of drug-likeness (QED) is 0.747. The minimum Gasteiger partial charge on any atom is -0.493 e. The topological polar surface area (TPSA) is 59.6 Å². The number of benzene rings is 2. The predicted octanol–water partition coefficient (Wildman–Crippen LogP) is 3.97. The lowest BCUT2D eigenvalue weighted by Gasteiger charge is -2.11. The molecule has 5 nitrogen and oxygen atoms in total. The van der Waals surface area contributed by atoms with Crippen LogP contribution in [0.1, 0.15) is 5.56 Å².